The van der Waals surface area contributed by atoms with E-state index in [2.05, 4.69) is 4.98 Å². The number of hydrogen-bond acceptors (Lipinski definition) is 6. The number of pyridine rings is 1. The average Bonchev–Trinajstić information content (AvgIpc) is 3.05. The highest BCUT2D eigenvalue weighted by Crippen LogP contribution is 2.40. The number of hydrogen-bond donors (Lipinski definition) is 1. The molecule has 0 radical (unpaired) electrons. The van der Waals surface area contributed by atoms with Crippen molar-refractivity contribution in [2.24, 2.45) is 0 Å². The van der Waals surface area contributed by atoms with Crippen LogP contribution in [0.4, 0.5) is 5.69 Å². The SMILES string of the molecule is O=C1C(=O)N(Cc2ccccc2)C(c2ccc([N+](=O)[O-])cc2)C1=C(O)c1ccncc1. The first-order valence-corrected chi connectivity index (χ1v) is 9.44. The molecule has 1 amide bonds. The van der Waals surface area contributed by atoms with Crippen LogP contribution in [0.5, 0.6) is 0 Å². The molecule has 1 saturated heterocycles. The molecule has 0 bridgehead atoms. The van der Waals surface area contributed by atoms with Crippen LogP contribution in [0, 0.1) is 10.1 Å². The van der Waals surface area contributed by atoms with E-state index in [9.17, 15) is 24.8 Å². The second kappa shape index (κ2) is 8.19. The molecule has 0 aliphatic carbocycles. The fourth-order valence-electron chi connectivity index (χ4n) is 3.61. The lowest BCUT2D eigenvalue weighted by molar-refractivity contribution is -0.384. The van der Waals surface area contributed by atoms with Crippen molar-refractivity contribution < 1.29 is 19.6 Å². The van der Waals surface area contributed by atoms with Crippen LogP contribution in [0.25, 0.3) is 5.76 Å². The average molecular weight is 415 g/mol. The maximum Gasteiger partial charge on any atom is 0.295 e. The summed E-state index contributed by atoms with van der Waals surface area (Å²) in [5.41, 5.74) is 1.45. The van der Waals surface area contributed by atoms with Crippen LogP contribution in [-0.4, -0.2) is 31.6 Å². The molecule has 1 N–H and O–H groups in total. The Morgan fingerprint density at radius 1 is 1.00 bits per heavy atom. The van der Waals surface area contributed by atoms with Crippen LogP contribution in [0.1, 0.15) is 22.7 Å². The second-order valence-electron chi connectivity index (χ2n) is 7.00. The number of nitro benzene ring substituents is 1. The number of aliphatic hydroxyl groups is 1. The van der Waals surface area contributed by atoms with Gasteiger partial charge in [0.25, 0.3) is 17.4 Å². The Kier molecular flexibility index (Phi) is 5.28. The molecule has 1 aromatic heterocycles. The van der Waals surface area contributed by atoms with Crippen molar-refractivity contribution >= 4 is 23.1 Å². The molecule has 1 aliphatic heterocycles. The summed E-state index contributed by atoms with van der Waals surface area (Å²) in [6.45, 7) is 0.139. The normalized spacial score (nSPS) is 17.7. The molecule has 1 aliphatic rings. The van der Waals surface area contributed by atoms with Gasteiger partial charge >= 0.3 is 0 Å². The van der Waals surface area contributed by atoms with Crippen molar-refractivity contribution in [3.05, 3.63) is 112 Å². The predicted octanol–water partition coefficient (Wildman–Crippen LogP) is 3.61. The summed E-state index contributed by atoms with van der Waals surface area (Å²) in [6, 6.07) is 16.9. The van der Waals surface area contributed by atoms with Gasteiger partial charge in [0.1, 0.15) is 5.76 Å². The Balaban J connectivity index is 1.85. The maximum atomic E-state index is 12.9. The first-order valence-electron chi connectivity index (χ1n) is 9.44. The van der Waals surface area contributed by atoms with E-state index in [4.69, 9.17) is 0 Å². The molecule has 0 spiro atoms. The minimum Gasteiger partial charge on any atom is -0.507 e. The number of benzene rings is 2. The van der Waals surface area contributed by atoms with Crippen molar-refractivity contribution in [3.63, 3.8) is 0 Å². The number of nitro groups is 1. The molecule has 2 heterocycles. The first-order chi connectivity index (χ1) is 15.0. The quantitative estimate of drug-likeness (QED) is 0.224. The standard InChI is InChI=1S/C23H17N3O5/c27-21(17-10-12-24-13-11-17)19-20(16-6-8-18(9-7-16)26(30)31)25(23(29)22(19)28)14-15-4-2-1-3-5-15/h1-13,20,27H,14H2. The number of rotatable bonds is 5. The highest BCUT2D eigenvalue weighted by Gasteiger charge is 2.46. The zero-order valence-electron chi connectivity index (χ0n) is 16.2. The van der Waals surface area contributed by atoms with Crippen LogP contribution >= 0.6 is 0 Å². The van der Waals surface area contributed by atoms with E-state index in [1.807, 2.05) is 30.3 Å². The molecule has 8 heteroatoms. The van der Waals surface area contributed by atoms with Gasteiger partial charge in [0.05, 0.1) is 16.5 Å². The highest BCUT2D eigenvalue weighted by atomic mass is 16.6. The van der Waals surface area contributed by atoms with E-state index in [1.54, 1.807) is 0 Å². The van der Waals surface area contributed by atoms with Gasteiger partial charge in [-0.3, -0.25) is 24.7 Å². The molecular formula is C23H17N3O5. The summed E-state index contributed by atoms with van der Waals surface area (Å²) in [5, 5.41) is 21.9. The summed E-state index contributed by atoms with van der Waals surface area (Å²) in [4.78, 5) is 41.6. The molecule has 1 atom stereocenters. The van der Waals surface area contributed by atoms with Crippen molar-refractivity contribution in [2.75, 3.05) is 0 Å². The molecule has 154 valence electrons. The number of ketones is 1. The lowest BCUT2D eigenvalue weighted by Gasteiger charge is -2.25. The van der Waals surface area contributed by atoms with Crippen molar-refractivity contribution in [3.8, 4) is 0 Å². The Bertz CT molecular complexity index is 1170. The van der Waals surface area contributed by atoms with Gasteiger partial charge in [-0.05, 0) is 35.4 Å². The second-order valence-corrected chi connectivity index (χ2v) is 7.00. The Hall–Kier alpha value is -4.33. The molecule has 3 aromatic rings. The van der Waals surface area contributed by atoms with Gasteiger partial charge in [-0.25, -0.2) is 0 Å². The largest absolute Gasteiger partial charge is 0.507 e. The van der Waals surface area contributed by atoms with Gasteiger partial charge in [-0.1, -0.05) is 30.3 Å². The first kappa shape index (κ1) is 20.0. The van der Waals surface area contributed by atoms with Gasteiger partial charge in [-0.15, -0.1) is 0 Å². The number of carbonyl (C=O) groups excluding carboxylic acids is 2. The van der Waals surface area contributed by atoms with Crippen LogP contribution in [-0.2, 0) is 16.1 Å². The molecule has 8 nitrogen and oxygen atoms in total. The van der Waals surface area contributed by atoms with E-state index in [0.29, 0.717) is 11.1 Å². The van der Waals surface area contributed by atoms with Gasteiger partial charge in [0.15, 0.2) is 0 Å². The predicted molar refractivity (Wildman–Crippen MR) is 112 cm³/mol. The van der Waals surface area contributed by atoms with E-state index >= 15 is 0 Å². The van der Waals surface area contributed by atoms with Crippen LogP contribution in [0.15, 0.2) is 84.7 Å². The molecule has 31 heavy (non-hydrogen) atoms. The fourth-order valence-corrected chi connectivity index (χ4v) is 3.61. The summed E-state index contributed by atoms with van der Waals surface area (Å²) in [5.74, 6) is -1.88. The van der Waals surface area contributed by atoms with Crippen LogP contribution < -0.4 is 0 Å². The zero-order valence-corrected chi connectivity index (χ0v) is 16.2. The highest BCUT2D eigenvalue weighted by molar-refractivity contribution is 6.46. The van der Waals surface area contributed by atoms with Crippen molar-refractivity contribution in [1.82, 2.24) is 9.88 Å². The number of Topliss-reactive ketones (excluding diaryl/α,β-unsaturated/α-hetero) is 1. The van der Waals surface area contributed by atoms with E-state index < -0.39 is 22.7 Å². The summed E-state index contributed by atoms with van der Waals surface area (Å²) >= 11 is 0. The maximum absolute atomic E-state index is 12.9. The summed E-state index contributed by atoms with van der Waals surface area (Å²) in [6.07, 6.45) is 2.94. The van der Waals surface area contributed by atoms with Gasteiger partial charge in [0.2, 0.25) is 0 Å². The van der Waals surface area contributed by atoms with E-state index in [0.717, 1.165) is 5.56 Å². The molecule has 1 unspecified atom stereocenters. The fraction of sp³-hybridized carbons (Fsp3) is 0.0870. The minimum atomic E-state index is -0.894. The summed E-state index contributed by atoms with van der Waals surface area (Å²) in [7, 11) is 0. The van der Waals surface area contributed by atoms with Gasteiger partial charge in [-0.2, -0.15) is 0 Å². The van der Waals surface area contributed by atoms with Crippen LogP contribution in [0.3, 0.4) is 0 Å². The van der Waals surface area contributed by atoms with E-state index in [1.165, 1.54) is 53.7 Å². The van der Waals surface area contributed by atoms with Crippen molar-refractivity contribution in [2.45, 2.75) is 12.6 Å². The number of aromatic nitrogens is 1. The third-order valence-electron chi connectivity index (χ3n) is 5.11. The third-order valence-corrected chi connectivity index (χ3v) is 5.11. The number of nitrogens with zero attached hydrogens (tertiary/aromatic N) is 3. The lowest BCUT2D eigenvalue weighted by Crippen LogP contribution is -2.29. The lowest BCUT2D eigenvalue weighted by atomic mass is 9.95. The van der Waals surface area contributed by atoms with Gasteiger partial charge in [0, 0.05) is 36.6 Å². The third kappa shape index (κ3) is 3.78. The molecule has 0 saturated carbocycles. The zero-order chi connectivity index (χ0) is 22.0. The molecule has 1 fully saturated rings. The molecular weight excluding hydrogens is 398 g/mol. The number of likely N-dealkylation sites (tertiary alicyclic amines) is 1. The Labute approximate surface area is 177 Å². The number of non-ortho nitro benzene ring substituents is 1. The summed E-state index contributed by atoms with van der Waals surface area (Å²) < 4.78 is 0. The Morgan fingerprint density at radius 2 is 1.65 bits per heavy atom. The number of amides is 1. The monoisotopic (exact) mass is 415 g/mol. The Morgan fingerprint density at radius 3 is 2.26 bits per heavy atom. The van der Waals surface area contributed by atoms with Gasteiger partial charge < -0.3 is 10.0 Å². The van der Waals surface area contributed by atoms with E-state index in [-0.39, 0.29) is 23.6 Å². The minimum absolute atomic E-state index is 0.0685. The van der Waals surface area contributed by atoms with Crippen molar-refractivity contribution in [1.29, 1.82) is 0 Å². The van der Waals surface area contributed by atoms with Crippen LogP contribution in [0.2, 0.25) is 0 Å². The molecule has 2 aromatic carbocycles. The number of aliphatic hydroxyl groups excluding tert-OH is 1. The number of carbonyl (C=O) groups is 2. The molecule has 4 rings (SSSR count). The topological polar surface area (TPSA) is 114 Å². The smallest absolute Gasteiger partial charge is 0.295 e.